The van der Waals surface area contributed by atoms with E-state index >= 15 is 0 Å². The van der Waals surface area contributed by atoms with Crippen molar-refractivity contribution in [3.63, 3.8) is 0 Å². The number of aryl methyl sites for hydroxylation is 1. The van der Waals surface area contributed by atoms with Crippen LogP contribution in [0, 0.1) is 0 Å². The van der Waals surface area contributed by atoms with E-state index in [2.05, 4.69) is 5.10 Å². The van der Waals surface area contributed by atoms with E-state index in [1.165, 1.54) is 0 Å². The van der Waals surface area contributed by atoms with E-state index in [0.717, 1.165) is 11.3 Å². The van der Waals surface area contributed by atoms with Crippen molar-refractivity contribution in [1.82, 2.24) is 9.78 Å². The molecule has 4 heteroatoms. The van der Waals surface area contributed by atoms with Crippen LogP contribution in [0.2, 0.25) is 0 Å². The Kier molecular flexibility index (Phi) is 2.63. The van der Waals surface area contributed by atoms with Gasteiger partial charge in [-0.1, -0.05) is 18.2 Å². The largest absolute Gasteiger partial charge is 0.492 e. The van der Waals surface area contributed by atoms with Crippen LogP contribution in [0.4, 0.5) is 0 Å². The van der Waals surface area contributed by atoms with Crippen LogP contribution in [0.15, 0.2) is 36.5 Å². The van der Waals surface area contributed by atoms with Gasteiger partial charge in [0.15, 0.2) is 5.78 Å². The minimum absolute atomic E-state index is 0.0827. The second kappa shape index (κ2) is 4.29. The molecular weight excluding hydrogens is 228 g/mol. The number of hydrogen-bond donors (Lipinski definition) is 0. The Balaban J connectivity index is 1.96. The quantitative estimate of drug-likeness (QED) is 0.775. The molecule has 4 nitrogen and oxygen atoms in total. The minimum atomic E-state index is -0.205. The molecule has 0 aliphatic carbocycles. The maximum absolute atomic E-state index is 12.5. The molecule has 0 fully saturated rings. The minimum Gasteiger partial charge on any atom is -0.492 e. The highest BCUT2D eigenvalue weighted by molar-refractivity contribution is 6.00. The summed E-state index contributed by atoms with van der Waals surface area (Å²) in [6.07, 6.45) is 1.67. The van der Waals surface area contributed by atoms with Crippen LogP contribution < -0.4 is 4.74 Å². The SMILES string of the molecule is CCn1nccc1C(=O)C1COc2ccccc21. The first kappa shape index (κ1) is 11.0. The first-order valence-corrected chi connectivity index (χ1v) is 6.09. The standard InChI is InChI=1S/C14H14N2O2/c1-2-16-12(7-8-15-16)14(17)11-9-18-13-6-4-3-5-10(11)13/h3-8,11H,2,9H2,1H3. The lowest BCUT2D eigenvalue weighted by Crippen LogP contribution is -2.18. The van der Waals surface area contributed by atoms with E-state index in [1.807, 2.05) is 31.2 Å². The number of carbonyl (C=O) groups excluding carboxylic acids is 1. The zero-order chi connectivity index (χ0) is 12.5. The van der Waals surface area contributed by atoms with Crippen molar-refractivity contribution in [3.8, 4) is 5.75 Å². The fourth-order valence-electron chi connectivity index (χ4n) is 2.35. The Morgan fingerprint density at radius 1 is 1.44 bits per heavy atom. The second-order valence-electron chi connectivity index (χ2n) is 4.30. The number of rotatable bonds is 3. The molecular formula is C14H14N2O2. The Hall–Kier alpha value is -2.10. The average molecular weight is 242 g/mol. The number of ether oxygens (including phenoxy) is 1. The summed E-state index contributed by atoms with van der Waals surface area (Å²) in [5.41, 5.74) is 1.63. The van der Waals surface area contributed by atoms with Crippen LogP contribution in [-0.2, 0) is 6.54 Å². The van der Waals surface area contributed by atoms with Crippen LogP contribution in [0.25, 0.3) is 0 Å². The number of carbonyl (C=O) groups is 1. The molecule has 0 spiro atoms. The number of aromatic nitrogens is 2. The predicted octanol–water partition coefficient (Wildman–Crippen LogP) is 2.26. The first-order chi connectivity index (χ1) is 8.81. The van der Waals surface area contributed by atoms with E-state index in [4.69, 9.17) is 4.74 Å². The van der Waals surface area contributed by atoms with Gasteiger partial charge in [-0.2, -0.15) is 5.10 Å². The molecule has 0 saturated heterocycles. The Labute approximate surface area is 105 Å². The van der Waals surface area contributed by atoms with Gasteiger partial charge in [-0.15, -0.1) is 0 Å². The van der Waals surface area contributed by atoms with Gasteiger partial charge >= 0.3 is 0 Å². The second-order valence-corrected chi connectivity index (χ2v) is 4.30. The van der Waals surface area contributed by atoms with Crippen LogP contribution in [-0.4, -0.2) is 22.2 Å². The van der Waals surface area contributed by atoms with E-state index < -0.39 is 0 Å². The van der Waals surface area contributed by atoms with Gasteiger partial charge in [-0.05, 0) is 19.1 Å². The molecule has 0 saturated carbocycles. The maximum atomic E-state index is 12.5. The molecule has 1 aliphatic rings. The summed E-state index contributed by atoms with van der Waals surface area (Å²) < 4.78 is 7.28. The van der Waals surface area contributed by atoms with Gasteiger partial charge in [0, 0.05) is 18.3 Å². The highest BCUT2D eigenvalue weighted by Crippen LogP contribution is 2.35. The zero-order valence-electron chi connectivity index (χ0n) is 10.2. The smallest absolute Gasteiger partial charge is 0.191 e. The molecule has 1 unspecified atom stereocenters. The third kappa shape index (κ3) is 1.61. The number of hydrogen-bond acceptors (Lipinski definition) is 3. The normalized spacial score (nSPS) is 17.3. The molecule has 18 heavy (non-hydrogen) atoms. The number of para-hydroxylation sites is 1. The number of fused-ring (bicyclic) bond motifs is 1. The maximum Gasteiger partial charge on any atom is 0.191 e. The highest BCUT2D eigenvalue weighted by atomic mass is 16.5. The summed E-state index contributed by atoms with van der Waals surface area (Å²) in [5, 5.41) is 4.14. The van der Waals surface area contributed by atoms with Gasteiger partial charge in [-0.3, -0.25) is 9.48 Å². The van der Waals surface area contributed by atoms with Crippen molar-refractivity contribution in [2.75, 3.05) is 6.61 Å². The monoisotopic (exact) mass is 242 g/mol. The van der Waals surface area contributed by atoms with Gasteiger partial charge in [-0.25, -0.2) is 0 Å². The molecule has 2 heterocycles. The van der Waals surface area contributed by atoms with E-state index in [-0.39, 0.29) is 11.7 Å². The van der Waals surface area contributed by atoms with Crippen molar-refractivity contribution in [3.05, 3.63) is 47.8 Å². The van der Waals surface area contributed by atoms with Gasteiger partial charge < -0.3 is 4.74 Å². The predicted molar refractivity (Wildman–Crippen MR) is 66.9 cm³/mol. The van der Waals surface area contributed by atoms with Crippen LogP contribution >= 0.6 is 0 Å². The van der Waals surface area contributed by atoms with Crippen molar-refractivity contribution in [2.45, 2.75) is 19.4 Å². The van der Waals surface area contributed by atoms with Crippen molar-refractivity contribution in [2.24, 2.45) is 0 Å². The molecule has 0 amide bonds. The van der Waals surface area contributed by atoms with E-state index in [0.29, 0.717) is 18.8 Å². The lowest BCUT2D eigenvalue weighted by Gasteiger charge is -2.09. The van der Waals surface area contributed by atoms with Crippen LogP contribution in [0.5, 0.6) is 5.75 Å². The molecule has 0 radical (unpaired) electrons. The molecule has 0 bridgehead atoms. The Morgan fingerprint density at radius 2 is 2.28 bits per heavy atom. The topological polar surface area (TPSA) is 44.1 Å². The Morgan fingerprint density at radius 3 is 3.11 bits per heavy atom. The molecule has 2 aromatic rings. The van der Waals surface area contributed by atoms with Crippen LogP contribution in [0.1, 0.15) is 28.9 Å². The molecule has 1 aliphatic heterocycles. The summed E-state index contributed by atoms with van der Waals surface area (Å²) in [4.78, 5) is 12.5. The van der Waals surface area contributed by atoms with Gasteiger partial charge in [0.1, 0.15) is 18.1 Å². The summed E-state index contributed by atoms with van der Waals surface area (Å²) >= 11 is 0. The third-order valence-electron chi connectivity index (χ3n) is 3.28. The van der Waals surface area contributed by atoms with E-state index in [9.17, 15) is 4.79 Å². The lowest BCUT2D eigenvalue weighted by molar-refractivity contribution is 0.0937. The summed E-state index contributed by atoms with van der Waals surface area (Å²) in [6.45, 7) is 3.10. The number of benzene rings is 1. The van der Waals surface area contributed by atoms with Gasteiger partial charge in [0.25, 0.3) is 0 Å². The fourth-order valence-corrected chi connectivity index (χ4v) is 2.35. The first-order valence-electron chi connectivity index (χ1n) is 6.09. The number of nitrogens with zero attached hydrogens (tertiary/aromatic N) is 2. The molecule has 0 N–H and O–H groups in total. The summed E-state index contributed by atoms with van der Waals surface area (Å²) in [6, 6.07) is 9.48. The van der Waals surface area contributed by atoms with Gasteiger partial charge in [0.05, 0.1) is 5.92 Å². The molecule has 1 aromatic heterocycles. The van der Waals surface area contributed by atoms with E-state index in [1.54, 1.807) is 16.9 Å². The number of ketones is 1. The van der Waals surface area contributed by atoms with Crippen LogP contribution in [0.3, 0.4) is 0 Å². The Bertz CT molecular complexity index is 589. The highest BCUT2D eigenvalue weighted by Gasteiger charge is 2.32. The fraction of sp³-hybridized carbons (Fsp3) is 0.286. The molecule has 3 rings (SSSR count). The lowest BCUT2D eigenvalue weighted by atomic mass is 9.95. The molecule has 92 valence electrons. The average Bonchev–Trinajstić information content (AvgIpc) is 3.04. The number of Topliss-reactive ketones (excluding diaryl/α,β-unsaturated/α-hetero) is 1. The summed E-state index contributed by atoms with van der Waals surface area (Å²) in [5.74, 6) is 0.695. The zero-order valence-corrected chi connectivity index (χ0v) is 10.2. The molecule has 1 aromatic carbocycles. The van der Waals surface area contributed by atoms with Crippen molar-refractivity contribution in [1.29, 1.82) is 0 Å². The van der Waals surface area contributed by atoms with Crippen molar-refractivity contribution >= 4 is 5.78 Å². The molecule has 1 atom stereocenters. The third-order valence-corrected chi connectivity index (χ3v) is 3.28. The van der Waals surface area contributed by atoms with Crippen molar-refractivity contribution < 1.29 is 9.53 Å². The summed E-state index contributed by atoms with van der Waals surface area (Å²) in [7, 11) is 0. The van der Waals surface area contributed by atoms with Gasteiger partial charge in [0.2, 0.25) is 0 Å².